The summed E-state index contributed by atoms with van der Waals surface area (Å²) in [6.07, 6.45) is 3.01. The van der Waals surface area contributed by atoms with Gasteiger partial charge in [-0.1, -0.05) is 0 Å². The number of nitrogens with zero attached hydrogens (tertiary/aromatic N) is 6. The first-order valence-electron chi connectivity index (χ1n) is 8.40. The van der Waals surface area contributed by atoms with Gasteiger partial charge in [0, 0.05) is 14.1 Å². The molecule has 2 saturated heterocycles. The number of imidazole rings is 1. The Morgan fingerprint density at radius 1 is 1.27 bits per heavy atom. The third kappa shape index (κ3) is 2.84. The molecule has 0 spiro atoms. The monoisotopic (exact) mass is 362 g/mol. The number of ether oxygens (including phenoxy) is 3. The van der Waals surface area contributed by atoms with E-state index in [9.17, 15) is 5.11 Å². The summed E-state index contributed by atoms with van der Waals surface area (Å²) in [5.41, 5.74) is 1.15. The Morgan fingerprint density at radius 2 is 2.04 bits per heavy atom. The highest BCUT2D eigenvalue weighted by Crippen LogP contribution is 2.43. The van der Waals surface area contributed by atoms with E-state index in [4.69, 9.17) is 14.2 Å². The lowest BCUT2D eigenvalue weighted by Gasteiger charge is -2.24. The van der Waals surface area contributed by atoms with E-state index in [2.05, 4.69) is 19.9 Å². The molecule has 4 atom stereocenters. The van der Waals surface area contributed by atoms with Crippen LogP contribution in [0.4, 0.5) is 5.82 Å². The fourth-order valence-electron chi connectivity index (χ4n) is 3.32. The van der Waals surface area contributed by atoms with Crippen molar-refractivity contribution < 1.29 is 19.3 Å². The molecule has 2 aromatic rings. The van der Waals surface area contributed by atoms with Gasteiger partial charge in [0.1, 0.15) is 24.6 Å². The van der Waals surface area contributed by atoms with Gasteiger partial charge in [0.15, 0.2) is 29.0 Å². The Hall–Kier alpha value is -2.14. The molecular formula is C16H22N6O4. The zero-order valence-corrected chi connectivity index (χ0v) is 15.1. The molecule has 140 valence electrons. The summed E-state index contributed by atoms with van der Waals surface area (Å²) >= 11 is 0. The Labute approximate surface area is 150 Å². The SMILES string of the molecule is CN(C)C=Nc1ncnc2c1ncn2C1OC(CO)C2OC(C)(C)OC21. The number of hydrogen-bond donors (Lipinski definition) is 1. The summed E-state index contributed by atoms with van der Waals surface area (Å²) in [6.45, 7) is 3.54. The molecule has 2 fully saturated rings. The number of rotatable bonds is 4. The molecular weight excluding hydrogens is 340 g/mol. The van der Waals surface area contributed by atoms with Crippen molar-refractivity contribution in [3.8, 4) is 0 Å². The molecule has 0 radical (unpaired) electrons. The number of hydrogen-bond acceptors (Lipinski definition) is 8. The van der Waals surface area contributed by atoms with Crippen LogP contribution in [0.25, 0.3) is 11.2 Å². The summed E-state index contributed by atoms with van der Waals surface area (Å²) < 4.78 is 19.7. The van der Waals surface area contributed by atoms with Crippen LogP contribution >= 0.6 is 0 Å². The standard InChI is InChI=1S/C16H22N6O4/c1-16(2)25-11-9(5-23)24-15(12(11)26-16)22-8-19-10-13(20-7-21(3)4)17-6-18-14(10)22/h6-9,11-12,15,23H,5H2,1-4H3. The number of aliphatic imine (C=N–C) groups is 1. The number of aliphatic hydroxyl groups is 1. The molecule has 0 bridgehead atoms. The normalized spacial score (nSPS) is 30.3. The predicted octanol–water partition coefficient (Wildman–Crippen LogP) is 0.457. The molecule has 1 N–H and O–H groups in total. The van der Waals surface area contributed by atoms with Crippen LogP contribution in [0.15, 0.2) is 17.6 Å². The summed E-state index contributed by atoms with van der Waals surface area (Å²) in [5.74, 6) is -0.267. The van der Waals surface area contributed by atoms with Gasteiger partial charge < -0.3 is 24.2 Å². The van der Waals surface area contributed by atoms with Crippen LogP contribution in [-0.4, -0.2) is 80.7 Å². The van der Waals surface area contributed by atoms with Crippen molar-refractivity contribution >= 4 is 23.3 Å². The van der Waals surface area contributed by atoms with Crippen LogP contribution in [-0.2, 0) is 14.2 Å². The lowest BCUT2D eigenvalue weighted by Crippen LogP contribution is -2.31. The van der Waals surface area contributed by atoms with E-state index in [1.807, 2.05) is 32.8 Å². The largest absolute Gasteiger partial charge is 0.394 e. The van der Waals surface area contributed by atoms with Gasteiger partial charge in [-0.2, -0.15) is 0 Å². The predicted molar refractivity (Wildman–Crippen MR) is 92.0 cm³/mol. The third-order valence-electron chi connectivity index (χ3n) is 4.33. The molecule has 2 aliphatic rings. The zero-order chi connectivity index (χ0) is 18.5. The van der Waals surface area contributed by atoms with Crippen molar-refractivity contribution in [1.29, 1.82) is 0 Å². The highest BCUT2D eigenvalue weighted by atomic mass is 16.8. The van der Waals surface area contributed by atoms with Gasteiger partial charge in [-0.3, -0.25) is 4.57 Å². The van der Waals surface area contributed by atoms with Gasteiger partial charge in [0.25, 0.3) is 0 Å². The van der Waals surface area contributed by atoms with E-state index in [-0.39, 0.29) is 18.8 Å². The second-order valence-electron chi connectivity index (χ2n) is 7.04. The van der Waals surface area contributed by atoms with Gasteiger partial charge in [0.05, 0.1) is 19.3 Å². The van der Waals surface area contributed by atoms with Crippen molar-refractivity contribution in [3.63, 3.8) is 0 Å². The lowest BCUT2D eigenvalue weighted by atomic mass is 10.1. The van der Waals surface area contributed by atoms with E-state index in [0.717, 1.165) is 0 Å². The number of fused-ring (bicyclic) bond motifs is 2. The van der Waals surface area contributed by atoms with E-state index in [1.165, 1.54) is 6.33 Å². The maximum atomic E-state index is 9.64. The fraction of sp³-hybridized carbons (Fsp3) is 0.625. The van der Waals surface area contributed by atoms with E-state index in [1.54, 1.807) is 17.2 Å². The Morgan fingerprint density at radius 3 is 2.77 bits per heavy atom. The fourth-order valence-corrected chi connectivity index (χ4v) is 3.32. The second-order valence-corrected chi connectivity index (χ2v) is 7.04. The average molecular weight is 362 g/mol. The molecule has 0 amide bonds. The summed E-state index contributed by atoms with van der Waals surface area (Å²) in [6, 6.07) is 0. The van der Waals surface area contributed by atoms with Crippen molar-refractivity contribution in [2.75, 3.05) is 20.7 Å². The van der Waals surface area contributed by atoms with Gasteiger partial charge in [-0.05, 0) is 13.8 Å². The maximum absolute atomic E-state index is 9.64. The van der Waals surface area contributed by atoms with Crippen molar-refractivity contribution in [1.82, 2.24) is 24.4 Å². The molecule has 0 saturated carbocycles. The minimum Gasteiger partial charge on any atom is -0.394 e. The van der Waals surface area contributed by atoms with Gasteiger partial charge in [0.2, 0.25) is 0 Å². The molecule has 4 rings (SSSR count). The quantitative estimate of drug-likeness (QED) is 0.617. The molecule has 26 heavy (non-hydrogen) atoms. The molecule has 2 aliphatic heterocycles. The van der Waals surface area contributed by atoms with E-state index >= 15 is 0 Å². The third-order valence-corrected chi connectivity index (χ3v) is 4.33. The number of aromatic nitrogens is 4. The van der Waals surface area contributed by atoms with E-state index < -0.39 is 18.1 Å². The summed E-state index contributed by atoms with van der Waals surface area (Å²) in [4.78, 5) is 19.1. The lowest BCUT2D eigenvalue weighted by molar-refractivity contribution is -0.199. The molecule has 10 nitrogen and oxygen atoms in total. The molecule has 10 heteroatoms. The maximum Gasteiger partial charge on any atom is 0.184 e. The van der Waals surface area contributed by atoms with Crippen molar-refractivity contribution in [2.45, 2.75) is 44.2 Å². The van der Waals surface area contributed by atoms with Crippen LogP contribution in [0, 0.1) is 0 Å². The first-order chi connectivity index (χ1) is 12.4. The van der Waals surface area contributed by atoms with Crippen LogP contribution < -0.4 is 0 Å². The Kier molecular flexibility index (Phi) is 4.14. The van der Waals surface area contributed by atoms with E-state index in [0.29, 0.717) is 17.0 Å². The minimum absolute atomic E-state index is 0.156. The molecule has 4 heterocycles. The first kappa shape index (κ1) is 17.3. The Bertz CT molecular complexity index is 835. The molecule has 0 aromatic carbocycles. The molecule has 4 unspecified atom stereocenters. The summed E-state index contributed by atoms with van der Waals surface area (Å²) in [5, 5.41) is 9.64. The van der Waals surface area contributed by atoms with Crippen LogP contribution in [0.3, 0.4) is 0 Å². The highest BCUT2D eigenvalue weighted by Gasteiger charge is 2.55. The zero-order valence-electron chi connectivity index (χ0n) is 15.1. The summed E-state index contributed by atoms with van der Waals surface area (Å²) in [7, 11) is 3.75. The van der Waals surface area contributed by atoms with Crippen LogP contribution in [0.1, 0.15) is 20.1 Å². The highest BCUT2D eigenvalue weighted by molar-refractivity contribution is 5.82. The van der Waals surface area contributed by atoms with Gasteiger partial charge in [-0.25, -0.2) is 19.9 Å². The topological polar surface area (TPSA) is 107 Å². The minimum atomic E-state index is -0.739. The smallest absolute Gasteiger partial charge is 0.184 e. The van der Waals surface area contributed by atoms with Crippen molar-refractivity contribution in [3.05, 3.63) is 12.7 Å². The molecule has 0 aliphatic carbocycles. The van der Waals surface area contributed by atoms with Gasteiger partial charge in [-0.15, -0.1) is 0 Å². The second kappa shape index (κ2) is 6.23. The van der Waals surface area contributed by atoms with Crippen LogP contribution in [0.2, 0.25) is 0 Å². The van der Waals surface area contributed by atoms with Gasteiger partial charge >= 0.3 is 0 Å². The average Bonchev–Trinajstić information content (AvgIpc) is 3.23. The Balaban J connectivity index is 1.72. The molecule has 2 aromatic heterocycles. The van der Waals surface area contributed by atoms with Crippen molar-refractivity contribution in [2.24, 2.45) is 4.99 Å². The number of aliphatic hydroxyl groups excluding tert-OH is 1. The first-order valence-corrected chi connectivity index (χ1v) is 8.40. The van der Waals surface area contributed by atoms with Crippen LogP contribution in [0.5, 0.6) is 0 Å².